The second-order valence-corrected chi connectivity index (χ2v) is 7.81. The van der Waals surface area contributed by atoms with Gasteiger partial charge in [-0.25, -0.2) is 4.99 Å². The summed E-state index contributed by atoms with van der Waals surface area (Å²) in [5.74, 6) is 2.31. The van der Waals surface area contributed by atoms with Crippen molar-refractivity contribution in [3.05, 3.63) is 23.8 Å². The van der Waals surface area contributed by atoms with Crippen LogP contribution in [-0.4, -0.2) is 69.5 Å². The van der Waals surface area contributed by atoms with E-state index in [2.05, 4.69) is 43.2 Å². The van der Waals surface area contributed by atoms with Crippen molar-refractivity contribution in [3.8, 4) is 11.5 Å². The Morgan fingerprint density at radius 1 is 1.19 bits per heavy atom. The van der Waals surface area contributed by atoms with Crippen LogP contribution in [0.1, 0.15) is 46.1 Å². The molecule has 178 valence electrons. The largest absolute Gasteiger partial charge is 0.493 e. The number of aliphatic imine (C=N–C) groups is 1. The lowest BCUT2D eigenvalue weighted by Gasteiger charge is -2.24. The summed E-state index contributed by atoms with van der Waals surface area (Å²) in [6.45, 7) is 15.1. The molecule has 1 aromatic carbocycles. The molecule has 1 atom stereocenters. The van der Waals surface area contributed by atoms with Crippen molar-refractivity contribution in [2.24, 2.45) is 4.99 Å². The second kappa shape index (κ2) is 14.7. The highest BCUT2D eigenvalue weighted by atomic mass is 127. The van der Waals surface area contributed by atoms with E-state index in [0.717, 1.165) is 75.2 Å². The number of likely N-dealkylation sites (N-methyl/N-ethyl adjacent to an activating group) is 1. The Labute approximate surface area is 205 Å². The van der Waals surface area contributed by atoms with Gasteiger partial charge in [0.25, 0.3) is 0 Å². The van der Waals surface area contributed by atoms with E-state index in [9.17, 15) is 0 Å². The van der Waals surface area contributed by atoms with Gasteiger partial charge in [0.15, 0.2) is 17.5 Å². The van der Waals surface area contributed by atoms with Crippen molar-refractivity contribution in [1.29, 1.82) is 0 Å². The van der Waals surface area contributed by atoms with Crippen LogP contribution >= 0.6 is 24.0 Å². The molecule has 1 saturated heterocycles. The third-order valence-electron chi connectivity index (χ3n) is 5.48. The summed E-state index contributed by atoms with van der Waals surface area (Å²) in [6.07, 6.45) is 2.20. The Morgan fingerprint density at radius 2 is 1.97 bits per heavy atom. The van der Waals surface area contributed by atoms with E-state index >= 15 is 0 Å². The summed E-state index contributed by atoms with van der Waals surface area (Å²) in [5.41, 5.74) is 0.965. The first-order valence-electron chi connectivity index (χ1n) is 11.2. The van der Waals surface area contributed by atoms with Gasteiger partial charge in [-0.05, 0) is 57.5 Å². The summed E-state index contributed by atoms with van der Waals surface area (Å²) >= 11 is 0. The monoisotopic (exact) mass is 548 g/mol. The average Bonchev–Trinajstić information content (AvgIpc) is 3.20. The van der Waals surface area contributed by atoms with E-state index in [1.165, 1.54) is 0 Å². The molecule has 8 heteroatoms. The molecule has 1 fully saturated rings. The first-order chi connectivity index (χ1) is 14.5. The van der Waals surface area contributed by atoms with Crippen LogP contribution in [0.5, 0.6) is 11.5 Å². The van der Waals surface area contributed by atoms with E-state index in [-0.39, 0.29) is 29.6 Å². The predicted octanol–water partition coefficient (Wildman–Crippen LogP) is 3.66. The Kier molecular flexibility index (Phi) is 13.2. The zero-order chi connectivity index (χ0) is 21.8. The molecule has 0 amide bonds. The normalized spacial score (nSPS) is 18.6. The molecule has 0 aliphatic carbocycles. The number of halogens is 1. The molecule has 1 aliphatic heterocycles. The number of nitrogens with one attached hydrogen (secondary N) is 2. The number of ether oxygens (including phenoxy) is 3. The van der Waals surface area contributed by atoms with Crippen molar-refractivity contribution in [2.45, 2.75) is 52.7 Å². The van der Waals surface area contributed by atoms with E-state index in [1.54, 1.807) is 7.11 Å². The van der Waals surface area contributed by atoms with Crippen molar-refractivity contribution in [2.75, 3.05) is 53.0 Å². The minimum Gasteiger partial charge on any atom is -0.493 e. The SMILES string of the molecule is CCNC(=NCc1ccc(OCCN(CC)CC)c(OC)c1)NCC1(C)CCCO1.I. The zero-order valence-electron chi connectivity index (χ0n) is 19.8. The second-order valence-electron chi connectivity index (χ2n) is 7.81. The summed E-state index contributed by atoms with van der Waals surface area (Å²) in [5, 5.41) is 6.72. The number of hydrogen-bond acceptors (Lipinski definition) is 5. The molecule has 31 heavy (non-hydrogen) atoms. The van der Waals surface area contributed by atoms with Gasteiger partial charge in [0.2, 0.25) is 0 Å². The van der Waals surface area contributed by atoms with Crippen LogP contribution in [0.3, 0.4) is 0 Å². The zero-order valence-corrected chi connectivity index (χ0v) is 22.2. The van der Waals surface area contributed by atoms with E-state index < -0.39 is 0 Å². The lowest BCUT2D eigenvalue weighted by Crippen LogP contribution is -2.45. The molecule has 0 aromatic heterocycles. The molecule has 2 N–H and O–H groups in total. The van der Waals surface area contributed by atoms with Crippen LogP contribution in [0, 0.1) is 0 Å². The molecule has 2 rings (SSSR count). The number of rotatable bonds is 12. The third kappa shape index (κ3) is 9.41. The minimum absolute atomic E-state index is 0. The molecule has 0 spiro atoms. The molecule has 1 aromatic rings. The highest BCUT2D eigenvalue weighted by Crippen LogP contribution is 2.28. The fourth-order valence-corrected chi connectivity index (χ4v) is 3.51. The van der Waals surface area contributed by atoms with E-state index in [4.69, 9.17) is 19.2 Å². The van der Waals surface area contributed by atoms with Gasteiger partial charge >= 0.3 is 0 Å². The smallest absolute Gasteiger partial charge is 0.191 e. The van der Waals surface area contributed by atoms with Crippen LogP contribution in [0.25, 0.3) is 0 Å². The van der Waals surface area contributed by atoms with Crippen LogP contribution in [-0.2, 0) is 11.3 Å². The van der Waals surface area contributed by atoms with Gasteiger partial charge in [-0.15, -0.1) is 24.0 Å². The Bertz CT molecular complexity index is 662. The standard InChI is InChI=1S/C23H40N4O3.HI/c1-6-24-22(26-18-23(4)12-9-14-30-23)25-17-19-10-11-20(21(16-19)28-5)29-15-13-27(7-2)8-3;/h10-11,16H,6-9,12-15,17-18H2,1-5H3,(H2,24,25,26);1H. The number of nitrogens with zero attached hydrogens (tertiary/aromatic N) is 2. The summed E-state index contributed by atoms with van der Waals surface area (Å²) < 4.78 is 17.3. The first kappa shape index (κ1) is 27.8. The highest BCUT2D eigenvalue weighted by Gasteiger charge is 2.29. The van der Waals surface area contributed by atoms with Gasteiger partial charge in [-0.3, -0.25) is 0 Å². The maximum absolute atomic E-state index is 5.95. The molecule has 1 aliphatic rings. The lowest BCUT2D eigenvalue weighted by molar-refractivity contribution is 0.0243. The number of benzene rings is 1. The molecule has 1 unspecified atom stereocenters. The number of guanidine groups is 1. The van der Waals surface area contributed by atoms with Gasteiger partial charge in [0.05, 0.1) is 19.3 Å². The van der Waals surface area contributed by atoms with Crippen molar-refractivity contribution in [3.63, 3.8) is 0 Å². The van der Waals surface area contributed by atoms with Crippen LogP contribution in [0.15, 0.2) is 23.2 Å². The minimum atomic E-state index is -0.108. The lowest BCUT2D eigenvalue weighted by atomic mass is 10.0. The molecule has 7 nitrogen and oxygen atoms in total. The van der Waals surface area contributed by atoms with Crippen molar-refractivity contribution < 1.29 is 14.2 Å². The first-order valence-corrected chi connectivity index (χ1v) is 11.2. The molecular formula is C23H41IN4O3. The van der Waals surface area contributed by atoms with Crippen LogP contribution in [0.4, 0.5) is 0 Å². The molecule has 0 bridgehead atoms. The van der Waals surface area contributed by atoms with Crippen LogP contribution in [0.2, 0.25) is 0 Å². The Hall–Kier alpha value is -1.26. The fourth-order valence-electron chi connectivity index (χ4n) is 3.51. The van der Waals surface area contributed by atoms with E-state index in [0.29, 0.717) is 13.2 Å². The molecule has 0 radical (unpaired) electrons. The summed E-state index contributed by atoms with van der Waals surface area (Å²) in [6, 6.07) is 6.02. The quantitative estimate of drug-likeness (QED) is 0.236. The van der Waals surface area contributed by atoms with Crippen LogP contribution < -0.4 is 20.1 Å². The Morgan fingerprint density at radius 3 is 2.58 bits per heavy atom. The number of hydrogen-bond donors (Lipinski definition) is 2. The fraction of sp³-hybridized carbons (Fsp3) is 0.696. The van der Waals surface area contributed by atoms with Crippen molar-refractivity contribution in [1.82, 2.24) is 15.5 Å². The van der Waals surface area contributed by atoms with Gasteiger partial charge in [-0.2, -0.15) is 0 Å². The predicted molar refractivity (Wildman–Crippen MR) is 138 cm³/mol. The third-order valence-corrected chi connectivity index (χ3v) is 5.48. The van der Waals surface area contributed by atoms with Gasteiger partial charge in [-0.1, -0.05) is 19.9 Å². The maximum atomic E-state index is 5.95. The maximum Gasteiger partial charge on any atom is 0.191 e. The molecule has 1 heterocycles. The van der Waals surface area contributed by atoms with Gasteiger partial charge < -0.3 is 29.7 Å². The molecular weight excluding hydrogens is 507 g/mol. The van der Waals surface area contributed by atoms with Gasteiger partial charge in [0.1, 0.15) is 6.61 Å². The average molecular weight is 549 g/mol. The van der Waals surface area contributed by atoms with E-state index in [1.807, 2.05) is 18.2 Å². The Balaban J connectivity index is 0.00000480. The highest BCUT2D eigenvalue weighted by molar-refractivity contribution is 14.0. The summed E-state index contributed by atoms with van der Waals surface area (Å²) in [4.78, 5) is 7.06. The topological polar surface area (TPSA) is 67.4 Å². The van der Waals surface area contributed by atoms with Gasteiger partial charge in [0, 0.05) is 26.2 Å². The van der Waals surface area contributed by atoms with Crippen molar-refractivity contribution >= 4 is 29.9 Å². The molecule has 0 saturated carbocycles. The summed E-state index contributed by atoms with van der Waals surface area (Å²) in [7, 11) is 1.67. The number of methoxy groups -OCH3 is 1.